The third kappa shape index (κ3) is 3.30. The number of hydrogen-bond acceptors (Lipinski definition) is 3. The Morgan fingerprint density at radius 1 is 1.07 bits per heavy atom. The lowest BCUT2D eigenvalue weighted by Crippen LogP contribution is -2.48. The van der Waals surface area contributed by atoms with Crippen LogP contribution in [0.5, 0.6) is 11.6 Å². The Labute approximate surface area is 171 Å². The minimum atomic E-state index is -0.636. The summed E-state index contributed by atoms with van der Waals surface area (Å²) in [6.07, 6.45) is 9.59. The van der Waals surface area contributed by atoms with Gasteiger partial charge in [0.25, 0.3) is 11.8 Å². The van der Waals surface area contributed by atoms with Gasteiger partial charge in [-0.15, -0.1) is 0 Å². The molecule has 29 heavy (non-hydrogen) atoms. The fourth-order valence-electron chi connectivity index (χ4n) is 6.33. The van der Waals surface area contributed by atoms with Crippen molar-refractivity contribution in [2.75, 3.05) is 14.1 Å². The Morgan fingerprint density at radius 3 is 2.17 bits per heavy atom. The predicted octanol–water partition coefficient (Wildman–Crippen LogP) is 5.18. The summed E-state index contributed by atoms with van der Waals surface area (Å²) in [6, 6.07) is 9.34. The van der Waals surface area contributed by atoms with Crippen LogP contribution in [0.2, 0.25) is 0 Å². The number of benzene rings is 1. The van der Waals surface area contributed by atoms with E-state index in [-0.39, 0.29) is 17.4 Å². The summed E-state index contributed by atoms with van der Waals surface area (Å²) in [4.78, 5) is 17.3. The standard InChI is InChI=1S/C24H27FN2O2/c1-27(2)23(28)18-10-21(25)22(26-14-18)29-20-5-3-19(4-6-20)24-11-15-7-16(12-24)9-17(8-15)13-24/h3-6,10,14-17H,7-9,11-13H2,1-2H3. The van der Waals surface area contributed by atoms with E-state index >= 15 is 0 Å². The molecule has 1 aromatic carbocycles. The molecule has 0 atom stereocenters. The maximum atomic E-state index is 14.4. The van der Waals surface area contributed by atoms with Gasteiger partial charge in [0.1, 0.15) is 5.75 Å². The first-order chi connectivity index (χ1) is 13.9. The molecule has 1 aromatic heterocycles. The second-order valence-corrected chi connectivity index (χ2v) is 9.53. The number of rotatable bonds is 4. The maximum Gasteiger partial charge on any atom is 0.255 e. The van der Waals surface area contributed by atoms with Gasteiger partial charge in [-0.2, -0.15) is 0 Å². The fourth-order valence-corrected chi connectivity index (χ4v) is 6.33. The van der Waals surface area contributed by atoms with Crippen molar-refractivity contribution in [3.8, 4) is 11.6 Å². The van der Waals surface area contributed by atoms with E-state index in [0.717, 1.165) is 17.8 Å². The number of nitrogens with zero attached hydrogens (tertiary/aromatic N) is 2. The van der Waals surface area contributed by atoms with Gasteiger partial charge in [-0.1, -0.05) is 12.1 Å². The quantitative estimate of drug-likeness (QED) is 0.717. The van der Waals surface area contributed by atoms with Crippen LogP contribution in [0.15, 0.2) is 36.5 Å². The molecule has 4 fully saturated rings. The van der Waals surface area contributed by atoms with Crippen LogP contribution in [0.4, 0.5) is 4.39 Å². The van der Waals surface area contributed by atoms with E-state index in [4.69, 9.17) is 4.74 Å². The van der Waals surface area contributed by atoms with Crippen molar-refractivity contribution in [2.45, 2.75) is 43.9 Å². The first kappa shape index (κ1) is 18.6. The predicted molar refractivity (Wildman–Crippen MR) is 109 cm³/mol. The van der Waals surface area contributed by atoms with Crippen LogP contribution in [0.1, 0.15) is 54.4 Å². The summed E-state index contributed by atoms with van der Waals surface area (Å²) in [5.74, 6) is 2.24. The van der Waals surface area contributed by atoms with E-state index < -0.39 is 5.82 Å². The lowest BCUT2D eigenvalue weighted by molar-refractivity contribution is -0.00520. The topological polar surface area (TPSA) is 42.4 Å². The van der Waals surface area contributed by atoms with Crippen LogP contribution < -0.4 is 4.74 Å². The molecule has 1 amide bonds. The van der Waals surface area contributed by atoms with Crippen molar-refractivity contribution in [3.05, 3.63) is 53.5 Å². The number of aromatic nitrogens is 1. The molecule has 0 unspecified atom stereocenters. The molecule has 5 heteroatoms. The summed E-state index contributed by atoms with van der Waals surface area (Å²) >= 11 is 0. The van der Waals surface area contributed by atoms with E-state index in [9.17, 15) is 9.18 Å². The molecule has 0 N–H and O–H groups in total. The van der Waals surface area contributed by atoms with Crippen molar-refractivity contribution in [1.29, 1.82) is 0 Å². The number of ether oxygens (including phenoxy) is 1. The SMILES string of the molecule is CN(C)C(=O)c1cnc(Oc2ccc(C34CC5CC(CC(C5)C3)C4)cc2)c(F)c1. The van der Waals surface area contributed by atoms with Gasteiger partial charge in [0.05, 0.1) is 5.56 Å². The summed E-state index contributed by atoms with van der Waals surface area (Å²) < 4.78 is 20.1. The molecule has 6 rings (SSSR count). The van der Waals surface area contributed by atoms with Crippen LogP contribution in [0, 0.1) is 23.6 Å². The number of amides is 1. The first-order valence-electron chi connectivity index (χ1n) is 10.6. The second-order valence-electron chi connectivity index (χ2n) is 9.53. The van der Waals surface area contributed by atoms with Gasteiger partial charge < -0.3 is 9.64 Å². The molecule has 0 spiro atoms. The Bertz CT molecular complexity index is 903. The van der Waals surface area contributed by atoms with Crippen molar-refractivity contribution >= 4 is 5.91 Å². The zero-order chi connectivity index (χ0) is 20.2. The minimum absolute atomic E-state index is 0.108. The summed E-state index contributed by atoms with van der Waals surface area (Å²) in [5.41, 5.74) is 1.95. The number of carbonyl (C=O) groups is 1. The summed E-state index contributed by atoms with van der Waals surface area (Å²) in [7, 11) is 3.24. The molecule has 4 saturated carbocycles. The number of pyridine rings is 1. The highest BCUT2D eigenvalue weighted by Crippen LogP contribution is 2.60. The molecular weight excluding hydrogens is 367 g/mol. The number of carbonyl (C=O) groups excluding carboxylic acids is 1. The van der Waals surface area contributed by atoms with Gasteiger partial charge in [0, 0.05) is 20.3 Å². The molecule has 0 saturated heterocycles. The molecule has 4 aliphatic rings. The number of hydrogen-bond donors (Lipinski definition) is 0. The van der Waals surface area contributed by atoms with Gasteiger partial charge in [-0.05, 0) is 85.5 Å². The van der Waals surface area contributed by atoms with Gasteiger partial charge in [0.2, 0.25) is 0 Å². The Kier molecular flexibility index (Phi) is 4.37. The van der Waals surface area contributed by atoms with E-state index in [1.807, 2.05) is 12.1 Å². The number of halogens is 1. The van der Waals surface area contributed by atoms with E-state index in [1.54, 1.807) is 14.1 Å². The third-order valence-electron chi connectivity index (χ3n) is 7.18. The molecule has 0 radical (unpaired) electrons. The second kappa shape index (κ2) is 6.82. The van der Waals surface area contributed by atoms with Crippen LogP contribution in [-0.2, 0) is 5.41 Å². The molecule has 4 aliphatic carbocycles. The average molecular weight is 394 g/mol. The molecule has 152 valence electrons. The van der Waals surface area contributed by atoms with Gasteiger partial charge >= 0.3 is 0 Å². The molecule has 1 heterocycles. The Balaban J connectivity index is 1.33. The van der Waals surface area contributed by atoms with Gasteiger partial charge in [0.15, 0.2) is 5.82 Å². The molecule has 0 aliphatic heterocycles. The first-order valence-corrected chi connectivity index (χ1v) is 10.6. The highest BCUT2D eigenvalue weighted by molar-refractivity contribution is 5.93. The van der Waals surface area contributed by atoms with Gasteiger partial charge in [-0.25, -0.2) is 9.37 Å². The smallest absolute Gasteiger partial charge is 0.255 e. The van der Waals surface area contributed by atoms with Crippen molar-refractivity contribution < 1.29 is 13.9 Å². The summed E-state index contributed by atoms with van der Waals surface area (Å²) in [6.45, 7) is 0. The Morgan fingerprint density at radius 2 is 1.66 bits per heavy atom. The van der Waals surface area contributed by atoms with Crippen LogP contribution in [0.25, 0.3) is 0 Å². The van der Waals surface area contributed by atoms with E-state index in [2.05, 4.69) is 17.1 Å². The lowest BCUT2D eigenvalue weighted by atomic mass is 9.48. The normalized spacial score (nSPS) is 29.7. The van der Waals surface area contributed by atoms with Crippen molar-refractivity contribution in [2.24, 2.45) is 17.8 Å². The lowest BCUT2D eigenvalue weighted by Gasteiger charge is -2.57. The van der Waals surface area contributed by atoms with E-state index in [0.29, 0.717) is 11.2 Å². The maximum absolute atomic E-state index is 14.4. The van der Waals surface area contributed by atoms with E-state index in [1.165, 1.54) is 61.3 Å². The Hall–Kier alpha value is -2.43. The highest BCUT2D eigenvalue weighted by atomic mass is 19.1. The monoisotopic (exact) mass is 394 g/mol. The fraction of sp³-hybridized carbons (Fsp3) is 0.500. The van der Waals surface area contributed by atoms with Crippen LogP contribution in [-0.4, -0.2) is 29.9 Å². The highest BCUT2D eigenvalue weighted by Gasteiger charge is 2.51. The largest absolute Gasteiger partial charge is 0.436 e. The summed E-state index contributed by atoms with van der Waals surface area (Å²) in [5, 5.41) is 0. The zero-order valence-corrected chi connectivity index (χ0v) is 17.0. The van der Waals surface area contributed by atoms with Crippen LogP contribution >= 0.6 is 0 Å². The molecule has 2 aromatic rings. The molecule has 4 nitrogen and oxygen atoms in total. The molecular formula is C24H27FN2O2. The van der Waals surface area contributed by atoms with Crippen LogP contribution in [0.3, 0.4) is 0 Å². The third-order valence-corrected chi connectivity index (χ3v) is 7.18. The van der Waals surface area contributed by atoms with Crippen molar-refractivity contribution in [3.63, 3.8) is 0 Å². The zero-order valence-electron chi connectivity index (χ0n) is 17.0. The average Bonchev–Trinajstić information content (AvgIpc) is 2.68. The molecule has 4 bridgehead atoms. The van der Waals surface area contributed by atoms with Gasteiger partial charge in [-0.3, -0.25) is 4.79 Å². The van der Waals surface area contributed by atoms with Crippen molar-refractivity contribution in [1.82, 2.24) is 9.88 Å². The minimum Gasteiger partial charge on any atom is -0.436 e.